The molecule has 2 aromatic carbocycles. The topological polar surface area (TPSA) is 59.4 Å². The Morgan fingerprint density at radius 1 is 1.12 bits per heavy atom. The van der Waals surface area contributed by atoms with E-state index < -0.39 is 0 Å². The van der Waals surface area contributed by atoms with Crippen LogP contribution < -0.4 is 10.1 Å². The van der Waals surface area contributed by atoms with Crippen molar-refractivity contribution in [2.45, 2.75) is 38.6 Å². The highest BCUT2D eigenvalue weighted by Crippen LogP contribution is 2.24. The molecule has 1 aliphatic heterocycles. The molecule has 1 saturated heterocycles. The van der Waals surface area contributed by atoms with Crippen molar-refractivity contribution < 1.29 is 9.53 Å². The maximum Gasteiger partial charge on any atom is 0.270 e. The molecule has 0 radical (unpaired) electrons. The third kappa shape index (κ3) is 5.19. The van der Waals surface area contributed by atoms with E-state index in [1.165, 1.54) is 25.8 Å². The standard InChI is InChI=1S/C26H32N4O2/c1-20-9-6-7-17-29(20)18-8-16-27-26(31)25-19-24(21-12-14-23(32-2)15-13-21)28-30(25)22-10-4-3-5-11-22/h3-5,10-15,19-20H,6-9,16-18H2,1-2H3,(H,27,31). The van der Waals surface area contributed by atoms with Crippen molar-refractivity contribution in [1.29, 1.82) is 0 Å². The van der Waals surface area contributed by atoms with Gasteiger partial charge in [0, 0.05) is 24.7 Å². The van der Waals surface area contributed by atoms with E-state index in [0.717, 1.165) is 35.7 Å². The van der Waals surface area contributed by atoms with Crippen LogP contribution in [0.2, 0.25) is 0 Å². The van der Waals surface area contributed by atoms with Crippen molar-refractivity contribution in [1.82, 2.24) is 20.0 Å². The number of ether oxygens (including phenoxy) is 1. The summed E-state index contributed by atoms with van der Waals surface area (Å²) >= 11 is 0. The van der Waals surface area contributed by atoms with Gasteiger partial charge in [-0.15, -0.1) is 0 Å². The highest BCUT2D eigenvalue weighted by Gasteiger charge is 2.19. The summed E-state index contributed by atoms with van der Waals surface area (Å²) in [7, 11) is 1.65. The second-order valence-electron chi connectivity index (χ2n) is 8.38. The molecule has 0 saturated carbocycles. The molecule has 0 bridgehead atoms. The maximum absolute atomic E-state index is 13.1. The summed E-state index contributed by atoms with van der Waals surface area (Å²) < 4.78 is 6.98. The lowest BCUT2D eigenvalue weighted by Crippen LogP contribution is -2.39. The monoisotopic (exact) mass is 432 g/mol. The fourth-order valence-corrected chi connectivity index (χ4v) is 4.28. The number of aromatic nitrogens is 2. The number of hydrogen-bond donors (Lipinski definition) is 1. The molecular weight excluding hydrogens is 400 g/mol. The number of methoxy groups -OCH3 is 1. The number of rotatable bonds is 8. The lowest BCUT2D eigenvalue weighted by Gasteiger charge is -2.33. The van der Waals surface area contributed by atoms with Gasteiger partial charge in [-0.3, -0.25) is 4.79 Å². The maximum atomic E-state index is 13.1. The summed E-state index contributed by atoms with van der Waals surface area (Å²) in [6.45, 7) is 5.15. The van der Waals surface area contributed by atoms with Crippen LogP contribution in [-0.4, -0.2) is 53.4 Å². The van der Waals surface area contributed by atoms with E-state index in [-0.39, 0.29) is 5.91 Å². The zero-order chi connectivity index (χ0) is 22.3. The summed E-state index contributed by atoms with van der Waals surface area (Å²) in [6, 6.07) is 20.0. The largest absolute Gasteiger partial charge is 0.497 e. The molecule has 1 fully saturated rings. The molecule has 6 heteroatoms. The van der Waals surface area contributed by atoms with Gasteiger partial charge < -0.3 is 15.0 Å². The number of hydrogen-bond acceptors (Lipinski definition) is 4. The van der Waals surface area contributed by atoms with E-state index in [4.69, 9.17) is 9.84 Å². The minimum absolute atomic E-state index is 0.104. The molecule has 0 spiro atoms. The Hall–Kier alpha value is -3.12. The average Bonchev–Trinajstić information content (AvgIpc) is 3.29. The first-order valence-corrected chi connectivity index (χ1v) is 11.5. The molecule has 1 N–H and O–H groups in total. The van der Waals surface area contributed by atoms with Crippen LogP contribution in [-0.2, 0) is 0 Å². The first-order chi connectivity index (χ1) is 15.7. The number of nitrogens with one attached hydrogen (secondary N) is 1. The first kappa shape index (κ1) is 22.1. The van der Waals surface area contributed by atoms with Crippen molar-refractivity contribution in [2.75, 3.05) is 26.7 Å². The SMILES string of the molecule is COc1ccc(-c2cc(C(=O)NCCCN3CCCCC3C)n(-c3ccccc3)n2)cc1. The van der Waals surface area contributed by atoms with Gasteiger partial charge in [0.05, 0.1) is 18.5 Å². The zero-order valence-electron chi connectivity index (χ0n) is 19.0. The van der Waals surface area contributed by atoms with Crippen molar-refractivity contribution >= 4 is 5.91 Å². The van der Waals surface area contributed by atoms with Gasteiger partial charge in [-0.25, -0.2) is 4.68 Å². The van der Waals surface area contributed by atoms with Crippen molar-refractivity contribution in [3.63, 3.8) is 0 Å². The normalized spacial score (nSPS) is 16.6. The Balaban J connectivity index is 1.48. The van der Waals surface area contributed by atoms with Crippen molar-refractivity contribution in [3.05, 3.63) is 66.4 Å². The first-order valence-electron chi connectivity index (χ1n) is 11.5. The van der Waals surface area contributed by atoms with Gasteiger partial charge in [0.25, 0.3) is 5.91 Å². The van der Waals surface area contributed by atoms with Crippen LogP contribution in [0.15, 0.2) is 60.7 Å². The molecule has 1 amide bonds. The number of carbonyl (C=O) groups excluding carboxylic acids is 1. The number of piperidine rings is 1. The van der Waals surface area contributed by atoms with Crippen LogP contribution in [0, 0.1) is 0 Å². The van der Waals surface area contributed by atoms with E-state index in [1.54, 1.807) is 11.8 Å². The van der Waals surface area contributed by atoms with E-state index in [1.807, 2.05) is 60.7 Å². The van der Waals surface area contributed by atoms with Gasteiger partial charge in [0.15, 0.2) is 0 Å². The van der Waals surface area contributed by atoms with Gasteiger partial charge in [-0.1, -0.05) is 24.6 Å². The molecule has 2 heterocycles. The number of amides is 1. The van der Waals surface area contributed by atoms with Crippen LogP contribution >= 0.6 is 0 Å². The summed E-state index contributed by atoms with van der Waals surface area (Å²) in [6.07, 6.45) is 4.83. The summed E-state index contributed by atoms with van der Waals surface area (Å²) in [5.74, 6) is 0.685. The zero-order valence-corrected chi connectivity index (χ0v) is 19.0. The Labute approximate surface area is 190 Å². The molecule has 32 heavy (non-hydrogen) atoms. The molecule has 4 rings (SSSR count). The minimum atomic E-state index is -0.104. The Kier molecular flexibility index (Phi) is 7.22. The second-order valence-corrected chi connectivity index (χ2v) is 8.38. The molecule has 1 aromatic heterocycles. The van der Waals surface area contributed by atoms with E-state index in [9.17, 15) is 4.79 Å². The third-order valence-corrected chi connectivity index (χ3v) is 6.18. The minimum Gasteiger partial charge on any atom is -0.497 e. The number of likely N-dealkylation sites (tertiary alicyclic amines) is 1. The molecule has 1 unspecified atom stereocenters. The van der Waals surface area contributed by atoms with E-state index in [0.29, 0.717) is 18.3 Å². The van der Waals surface area contributed by atoms with Crippen molar-refractivity contribution in [2.24, 2.45) is 0 Å². The Morgan fingerprint density at radius 3 is 2.62 bits per heavy atom. The number of nitrogens with zero attached hydrogens (tertiary/aromatic N) is 3. The van der Waals surface area contributed by atoms with Gasteiger partial charge >= 0.3 is 0 Å². The van der Waals surface area contributed by atoms with Crippen LogP contribution in [0.1, 0.15) is 43.1 Å². The molecule has 1 aliphatic rings. The average molecular weight is 433 g/mol. The van der Waals surface area contributed by atoms with Crippen molar-refractivity contribution in [3.8, 4) is 22.7 Å². The van der Waals surface area contributed by atoms with Crippen LogP contribution in [0.5, 0.6) is 5.75 Å². The molecular formula is C26H32N4O2. The van der Waals surface area contributed by atoms with E-state index in [2.05, 4.69) is 17.1 Å². The fourth-order valence-electron chi connectivity index (χ4n) is 4.28. The van der Waals surface area contributed by atoms with Gasteiger partial charge in [-0.05, 0) is 75.2 Å². The predicted octanol–water partition coefficient (Wildman–Crippen LogP) is 4.54. The van der Waals surface area contributed by atoms with Gasteiger partial charge in [-0.2, -0.15) is 5.10 Å². The van der Waals surface area contributed by atoms with Crippen LogP contribution in [0.4, 0.5) is 0 Å². The Morgan fingerprint density at radius 2 is 1.91 bits per heavy atom. The quantitative estimate of drug-likeness (QED) is 0.531. The molecule has 168 valence electrons. The molecule has 1 atom stereocenters. The van der Waals surface area contributed by atoms with Crippen LogP contribution in [0.3, 0.4) is 0 Å². The molecule has 3 aromatic rings. The van der Waals surface area contributed by atoms with Crippen LogP contribution in [0.25, 0.3) is 16.9 Å². The smallest absolute Gasteiger partial charge is 0.270 e. The predicted molar refractivity (Wildman–Crippen MR) is 127 cm³/mol. The third-order valence-electron chi connectivity index (χ3n) is 6.18. The van der Waals surface area contributed by atoms with E-state index >= 15 is 0 Å². The number of para-hydroxylation sites is 1. The summed E-state index contributed by atoms with van der Waals surface area (Å²) in [5, 5.41) is 7.85. The molecule has 0 aliphatic carbocycles. The summed E-state index contributed by atoms with van der Waals surface area (Å²) in [5.41, 5.74) is 3.09. The number of benzene rings is 2. The highest BCUT2D eigenvalue weighted by molar-refractivity contribution is 5.94. The Bertz CT molecular complexity index is 1010. The number of carbonyl (C=O) groups is 1. The highest BCUT2D eigenvalue weighted by atomic mass is 16.5. The fraction of sp³-hybridized carbons (Fsp3) is 0.385. The molecule has 6 nitrogen and oxygen atoms in total. The second kappa shape index (κ2) is 10.5. The lowest BCUT2D eigenvalue weighted by atomic mass is 10.0. The lowest BCUT2D eigenvalue weighted by molar-refractivity contribution is 0.0941. The van der Waals surface area contributed by atoms with Gasteiger partial charge in [0.1, 0.15) is 11.4 Å². The summed E-state index contributed by atoms with van der Waals surface area (Å²) in [4.78, 5) is 15.6. The van der Waals surface area contributed by atoms with Gasteiger partial charge in [0.2, 0.25) is 0 Å².